The van der Waals surface area contributed by atoms with Gasteiger partial charge in [-0.1, -0.05) is 12.1 Å². The molecule has 0 aliphatic rings. The van der Waals surface area contributed by atoms with Crippen molar-refractivity contribution in [1.29, 1.82) is 5.26 Å². The van der Waals surface area contributed by atoms with Gasteiger partial charge in [0.25, 0.3) is 0 Å². The summed E-state index contributed by atoms with van der Waals surface area (Å²) in [4.78, 5) is 0. The molecule has 0 aliphatic carbocycles. The van der Waals surface area contributed by atoms with Gasteiger partial charge in [-0.15, -0.1) is 0 Å². The van der Waals surface area contributed by atoms with Gasteiger partial charge in [0, 0.05) is 11.5 Å². The van der Waals surface area contributed by atoms with Crippen molar-refractivity contribution in [2.45, 2.75) is 13.5 Å². The summed E-state index contributed by atoms with van der Waals surface area (Å²) in [5.41, 5.74) is 2.18. The third-order valence-corrected chi connectivity index (χ3v) is 3.12. The molecule has 0 heterocycles. The van der Waals surface area contributed by atoms with E-state index in [1.165, 1.54) is 12.1 Å². The Morgan fingerprint density at radius 1 is 1.24 bits per heavy atom. The van der Waals surface area contributed by atoms with Crippen LogP contribution in [0, 0.1) is 24.1 Å². The van der Waals surface area contributed by atoms with E-state index in [1.807, 2.05) is 6.92 Å². The normalized spacial score (nSPS) is 10.0. The fourth-order valence-electron chi connectivity index (χ4n) is 1.90. The Balaban J connectivity index is 2.10. The van der Waals surface area contributed by atoms with Crippen molar-refractivity contribution in [2.75, 3.05) is 0 Å². The largest absolute Gasteiger partial charge is 0.491 e. The highest BCUT2D eigenvalue weighted by Gasteiger charge is 2.16. The van der Waals surface area contributed by atoms with E-state index < -0.39 is 12.9 Å². The number of halogens is 1. The summed E-state index contributed by atoms with van der Waals surface area (Å²) in [5, 5.41) is 26.7. The van der Waals surface area contributed by atoms with Crippen LogP contribution in [0.25, 0.3) is 0 Å². The molecule has 2 rings (SSSR count). The van der Waals surface area contributed by atoms with Crippen LogP contribution in [0.5, 0.6) is 5.75 Å². The summed E-state index contributed by atoms with van der Waals surface area (Å²) in [5.74, 6) is -0.445. The van der Waals surface area contributed by atoms with Gasteiger partial charge in [0.05, 0.1) is 11.6 Å². The first-order chi connectivity index (χ1) is 10.0. The Morgan fingerprint density at radius 2 is 2.00 bits per heavy atom. The lowest BCUT2D eigenvalue weighted by Crippen LogP contribution is -2.32. The zero-order valence-electron chi connectivity index (χ0n) is 11.4. The third kappa shape index (κ3) is 3.60. The minimum atomic E-state index is -1.85. The average molecular weight is 285 g/mol. The molecule has 0 amide bonds. The maximum Gasteiger partial charge on any atom is 0.491 e. The van der Waals surface area contributed by atoms with Gasteiger partial charge >= 0.3 is 7.12 Å². The van der Waals surface area contributed by atoms with Crippen LogP contribution in [0.4, 0.5) is 4.39 Å². The van der Waals surface area contributed by atoms with Crippen molar-refractivity contribution in [3.05, 3.63) is 58.9 Å². The fourth-order valence-corrected chi connectivity index (χ4v) is 1.90. The second kappa shape index (κ2) is 6.40. The van der Waals surface area contributed by atoms with Crippen molar-refractivity contribution in [3.63, 3.8) is 0 Å². The van der Waals surface area contributed by atoms with E-state index in [1.54, 1.807) is 18.2 Å². The van der Waals surface area contributed by atoms with Gasteiger partial charge in [0.2, 0.25) is 0 Å². The van der Waals surface area contributed by atoms with Gasteiger partial charge in [-0.2, -0.15) is 5.26 Å². The lowest BCUT2D eigenvalue weighted by Gasteiger charge is -2.10. The van der Waals surface area contributed by atoms with Gasteiger partial charge in [0.15, 0.2) is 0 Å². The summed E-state index contributed by atoms with van der Waals surface area (Å²) in [6.45, 7) is 2.10. The monoisotopic (exact) mass is 285 g/mol. The summed E-state index contributed by atoms with van der Waals surface area (Å²) in [7, 11) is -1.85. The molecule has 2 N–H and O–H groups in total. The molecule has 2 aromatic carbocycles. The number of hydrogen-bond acceptors (Lipinski definition) is 4. The molecule has 0 aromatic heterocycles. The van der Waals surface area contributed by atoms with Crippen molar-refractivity contribution >= 4 is 12.6 Å². The lowest BCUT2D eigenvalue weighted by atomic mass is 9.80. The van der Waals surface area contributed by atoms with Crippen LogP contribution >= 0.6 is 0 Å². The number of ether oxygens (including phenoxy) is 1. The highest BCUT2D eigenvalue weighted by molar-refractivity contribution is 6.58. The molecule has 0 saturated heterocycles. The predicted molar refractivity (Wildman–Crippen MR) is 76.5 cm³/mol. The molecule has 0 fully saturated rings. The molecular weight excluding hydrogens is 272 g/mol. The molecule has 2 aromatic rings. The van der Waals surface area contributed by atoms with Gasteiger partial charge in [0.1, 0.15) is 18.2 Å². The fraction of sp³-hybridized carbons (Fsp3) is 0.133. The molecule has 0 spiro atoms. The van der Waals surface area contributed by atoms with Crippen molar-refractivity contribution in [3.8, 4) is 11.8 Å². The van der Waals surface area contributed by atoms with Crippen LogP contribution in [-0.2, 0) is 6.61 Å². The van der Waals surface area contributed by atoms with E-state index in [-0.39, 0.29) is 12.1 Å². The summed E-state index contributed by atoms with van der Waals surface area (Å²) >= 11 is 0. The van der Waals surface area contributed by atoms with Gasteiger partial charge in [-0.3, -0.25) is 0 Å². The Morgan fingerprint density at radius 3 is 2.57 bits per heavy atom. The van der Waals surface area contributed by atoms with E-state index in [9.17, 15) is 4.39 Å². The van der Waals surface area contributed by atoms with Crippen LogP contribution in [-0.4, -0.2) is 17.2 Å². The SMILES string of the molecule is Cc1cc(C#N)ccc1COc1ccc(B(O)O)c(F)c1. The molecule has 0 radical (unpaired) electrons. The number of aryl methyl sites for hydroxylation is 1. The van der Waals surface area contributed by atoms with Gasteiger partial charge < -0.3 is 14.8 Å². The predicted octanol–water partition coefficient (Wildman–Crippen LogP) is 1.26. The Labute approximate surface area is 122 Å². The Bertz CT molecular complexity index is 698. The maximum absolute atomic E-state index is 13.6. The Hall–Kier alpha value is -2.36. The molecule has 6 heteroatoms. The molecule has 0 aliphatic heterocycles. The standard InChI is InChI=1S/C15H13BFNO3/c1-10-6-11(8-18)2-3-12(10)9-21-13-4-5-14(16(19)20)15(17)7-13/h2-7,19-20H,9H2,1H3. The molecule has 0 saturated carbocycles. The summed E-state index contributed by atoms with van der Waals surface area (Å²) in [6, 6.07) is 11.1. The molecule has 0 unspecified atom stereocenters. The van der Waals surface area contributed by atoms with Crippen LogP contribution in [0.1, 0.15) is 16.7 Å². The molecule has 0 bridgehead atoms. The molecule has 106 valence electrons. The first kappa shape index (κ1) is 15.0. The zero-order chi connectivity index (χ0) is 15.4. The van der Waals surface area contributed by atoms with E-state index in [2.05, 4.69) is 6.07 Å². The lowest BCUT2D eigenvalue weighted by molar-refractivity contribution is 0.304. The zero-order valence-corrected chi connectivity index (χ0v) is 11.4. The third-order valence-electron chi connectivity index (χ3n) is 3.12. The number of hydrogen-bond donors (Lipinski definition) is 2. The molecule has 21 heavy (non-hydrogen) atoms. The first-order valence-electron chi connectivity index (χ1n) is 6.29. The highest BCUT2D eigenvalue weighted by Crippen LogP contribution is 2.16. The summed E-state index contributed by atoms with van der Waals surface area (Å²) < 4.78 is 19.0. The second-order valence-electron chi connectivity index (χ2n) is 4.60. The van der Waals surface area contributed by atoms with Gasteiger partial charge in [-0.25, -0.2) is 4.39 Å². The van der Waals surface area contributed by atoms with Crippen molar-refractivity contribution in [2.24, 2.45) is 0 Å². The van der Waals surface area contributed by atoms with Crippen LogP contribution in [0.2, 0.25) is 0 Å². The highest BCUT2D eigenvalue weighted by atomic mass is 19.1. The number of rotatable bonds is 4. The van der Waals surface area contributed by atoms with Crippen molar-refractivity contribution in [1.82, 2.24) is 0 Å². The quantitative estimate of drug-likeness (QED) is 0.829. The topological polar surface area (TPSA) is 73.5 Å². The average Bonchev–Trinajstić information content (AvgIpc) is 2.45. The first-order valence-corrected chi connectivity index (χ1v) is 6.29. The van der Waals surface area contributed by atoms with E-state index in [4.69, 9.17) is 20.0 Å². The number of nitriles is 1. The maximum atomic E-state index is 13.6. The minimum Gasteiger partial charge on any atom is -0.489 e. The van der Waals surface area contributed by atoms with E-state index >= 15 is 0 Å². The van der Waals surface area contributed by atoms with E-state index in [0.717, 1.165) is 17.2 Å². The van der Waals surface area contributed by atoms with Gasteiger partial charge in [-0.05, 0) is 36.2 Å². The van der Waals surface area contributed by atoms with Crippen LogP contribution in [0.15, 0.2) is 36.4 Å². The van der Waals surface area contributed by atoms with E-state index in [0.29, 0.717) is 11.3 Å². The van der Waals surface area contributed by atoms with Crippen LogP contribution < -0.4 is 10.2 Å². The Kier molecular flexibility index (Phi) is 4.58. The smallest absolute Gasteiger partial charge is 0.489 e. The van der Waals surface area contributed by atoms with Crippen LogP contribution in [0.3, 0.4) is 0 Å². The number of nitrogens with zero attached hydrogens (tertiary/aromatic N) is 1. The second-order valence-corrected chi connectivity index (χ2v) is 4.60. The number of benzene rings is 2. The molecule has 4 nitrogen and oxygen atoms in total. The molecular formula is C15H13BFNO3. The molecule has 0 atom stereocenters. The van der Waals surface area contributed by atoms with Crippen molar-refractivity contribution < 1.29 is 19.2 Å². The minimum absolute atomic E-state index is 0.197. The summed E-state index contributed by atoms with van der Waals surface area (Å²) in [6.07, 6.45) is 0.